The van der Waals surface area contributed by atoms with Gasteiger partial charge in [-0.15, -0.1) is 0 Å². The summed E-state index contributed by atoms with van der Waals surface area (Å²) in [7, 11) is 6.83. The molecule has 0 aliphatic carbocycles. The van der Waals surface area contributed by atoms with Crippen LogP contribution in [-0.4, -0.2) is 73.4 Å². The quantitative estimate of drug-likeness (QED) is 0.301. The minimum Gasteiger partial charge on any atom is -0.462 e. The molecule has 6 bridgehead atoms. The van der Waals surface area contributed by atoms with Crippen LogP contribution in [0.4, 0.5) is 0 Å². The second kappa shape index (κ2) is 9.72. The topological polar surface area (TPSA) is 75.3 Å². The predicted molar refractivity (Wildman–Crippen MR) is 188 cm³/mol. The summed E-state index contributed by atoms with van der Waals surface area (Å²) in [6.07, 6.45) is 6.79. The van der Waals surface area contributed by atoms with E-state index < -0.39 is 11.9 Å². The number of fused-ring (bicyclic) bond motifs is 14. The molecule has 2 aromatic heterocycles. The molecule has 0 saturated carbocycles. The first-order chi connectivity index (χ1) is 23.7. The SMILES string of the molecule is CC(O)C1=CN2[C@H]3C[C@H]1[C@@H](CO)[C@@H]2Cc1c3n(C)c2cc3c(cc12)C[C@H]1[C@@H]2C[C@H]4c5c(c6ccccc6n5C)C[C@@H]([C@@H]2CO[C@@]1(C)O3)N4C. The highest BCUT2D eigenvalue weighted by molar-refractivity contribution is 5.89. The van der Waals surface area contributed by atoms with Crippen LogP contribution in [-0.2, 0) is 38.1 Å². The maximum Gasteiger partial charge on any atom is 0.211 e. The third-order valence-electron chi connectivity index (χ3n) is 15.0. The second-order valence-corrected chi connectivity index (χ2v) is 16.8. The number of ether oxygens (including phenoxy) is 2. The highest BCUT2D eigenvalue weighted by Gasteiger charge is 2.59. The molecule has 8 heteroatoms. The van der Waals surface area contributed by atoms with E-state index in [1.54, 1.807) is 5.56 Å². The van der Waals surface area contributed by atoms with Gasteiger partial charge in [0.15, 0.2) is 0 Å². The Labute approximate surface area is 287 Å². The number of benzene rings is 2. The van der Waals surface area contributed by atoms with Crippen LogP contribution in [0.15, 0.2) is 48.2 Å². The highest BCUT2D eigenvalue weighted by atomic mass is 16.7. The van der Waals surface area contributed by atoms with Crippen molar-refractivity contribution in [3.05, 3.63) is 76.2 Å². The Balaban J connectivity index is 0.982. The van der Waals surface area contributed by atoms with Crippen LogP contribution in [0.1, 0.15) is 66.9 Å². The van der Waals surface area contributed by atoms with Gasteiger partial charge < -0.3 is 33.7 Å². The Morgan fingerprint density at radius 2 is 1.65 bits per heavy atom. The van der Waals surface area contributed by atoms with E-state index in [0.29, 0.717) is 23.9 Å². The number of likely N-dealkylation sites (N-methyl/N-ethyl adjacent to an activating group) is 1. The number of piperidine rings is 2. The second-order valence-electron chi connectivity index (χ2n) is 16.8. The zero-order valence-electron chi connectivity index (χ0n) is 29.3. The molecule has 10 heterocycles. The standard InChI is InChI=1S/C41H48N4O4/c1-20(47)28-17-45-35-15-27-25-10-21-11-31-24-13-36-39-26(22-8-6-7-9-32(22)43(39)4)14-33(42(36)3)30(24)19-48-41(31,2)49-38(21)16-34(25)44(5)40(27)37(45)12-23(28)29(35)18-46/h6-10,16-17,20,23-24,29-31,33,35-37,46-47H,11-15,18-19H2,1-5H3/t20?,23-,24-,29-,30-,31+,33+,35+,36+,37+,41+/m1/s1. The number of aromatic nitrogens is 2. The minimum atomic E-state index is -0.642. The maximum atomic E-state index is 10.6. The van der Waals surface area contributed by atoms with Crippen molar-refractivity contribution in [2.45, 2.75) is 82.0 Å². The molecule has 1 unspecified atom stereocenters. The van der Waals surface area contributed by atoms with Gasteiger partial charge in [-0.1, -0.05) is 18.2 Å². The molecule has 2 N–H and O–H groups in total. The summed E-state index contributed by atoms with van der Waals surface area (Å²) in [4.78, 5) is 5.15. The first kappa shape index (κ1) is 29.4. The molecule has 3 saturated heterocycles. The number of para-hydroxylation sites is 1. The monoisotopic (exact) mass is 660 g/mol. The van der Waals surface area contributed by atoms with Gasteiger partial charge in [0.2, 0.25) is 5.79 Å². The van der Waals surface area contributed by atoms with Crippen molar-refractivity contribution >= 4 is 21.8 Å². The molecular weight excluding hydrogens is 612 g/mol. The number of aliphatic hydroxyl groups excluding tert-OH is 2. The number of aliphatic hydroxyl groups is 2. The van der Waals surface area contributed by atoms with Gasteiger partial charge >= 0.3 is 0 Å². The summed E-state index contributed by atoms with van der Waals surface area (Å²) in [5.74, 6) is 1.99. The summed E-state index contributed by atoms with van der Waals surface area (Å²) in [5.41, 5.74) is 10.9. The van der Waals surface area contributed by atoms with E-state index in [4.69, 9.17) is 9.47 Å². The summed E-state index contributed by atoms with van der Waals surface area (Å²) in [5, 5.41) is 23.9. The van der Waals surface area contributed by atoms with Crippen molar-refractivity contribution in [3.8, 4) is 5.75 Å². The van der Waals surface area contributed by atoms with Gasteiger partial charge in [0.05, 0.1) is 30.3 Å². The van der Waals surface area contributed by atoms with Crippen LogP contribution in [0.25, 0.3) is 21.8 Å². The molecule has 12 rings (SSSR count). The Bertz CT molecular complexity index is 2110. The minimum absolute atomic E-state index is 0.151. The third kappa shape index (κ3) is 3.59. The third-order valence-corrected chi connectivity index (χ3v) is 15.0. The molecule has 11 atom stereocenters. The zero-order chi connectivity index (χ0) is 33.2. The summed E-state index contributed by atoms with van der Waals surface area (Å²) >= 11 is 0. The molecule has 49 heavy (non-hydrogen) atoms. The predicted octanol–water partition coefficient (Wildman–Crippen LogP) is 5.38. The fourth-order valence-corrected chi connectivity index (χ4v) is 12.7. The first-order valence-corrected chi connectivity index (χ1v) is 18.7. The summed E-state index contributed by atoms with van der Waals surface area (Å²) in [6, 6.07) is 15.1. The molecule has 0 radical (unpaired) electrons. The lowest BCUT2D eigenvalue weighted by atomic mass is 9.62. The fraction of sp³-hybridized carbons (Fsp3) is 0.561. The van der Waals surface area contributed by atoms with Crippen molar-refractivity contribution in [2.75, 3.05) is 20.3 Å². The van der Waals surface area contributed by atoms with Gasteiger partial charge in [-0.25, -0.2) is 0 Å². The van der Waals surface area contributed by atoms with E-state index in [9.17, 15) is 10.2 Å². The van der Waals surface area contributed by atoms with Gasteiger partial charge in [-0.2, -0.15) is 0 Å². The maximum absolute atomic E-state index is 10.6. The number of hydrogen-bond acceptors (Lipinski definition) is 6. The van der Waals surface area contributed by atoms with E-state index in [1.165, 1.54) is 44.3 Å². The van der Waals surface area contributed by atoms with E-state index in [2.05, 4.69) is 89.6 Å². The molecule has 2 aromatic carbocycles. The molecular formula is C41H48N4O4. The Hall–Kier alpha value is -3.30. The normalized spacial score (nSPS) is 37.6. The molecule has 8 aliphatic heterocycles. The fourth-order valence-electron chi connectivity index (χ4n) is 12.7. The lowest BCUT2D eigenvalue weighted by Crippen LogP contribution is -2.64. The summed E-state index contributed by atoms with van der Waals surface area (Å²) < 4.78 is 18.8. The van der Waals surface area contributed by atoms with E-state index in [0.717, 1.165) is 50.0 Å². The molecule has 4 aromatic rings. The molecule has 3 fully saturated rings. The Kier molecular flexibility index (Phi) is 5.84. The van der Waals surface area contributed by atoms with Crippen molar-refractivity contribution in [2.24, 2.45) is 43.7 Å². The van der Waals surface area contributed by atoms with Gasteiger partial charge in [-0.3, -0.25) is 4.90 Å². The van der Waals surface area contributed by atoms with Gasteiger partial charge in [0.25, 0.3) is 0 Å². The largest absolute Gasteiger partial charge is 0.462 e. The molecule has 256 valence electrons. The van der Waals surface area contributed by atoms with Crippen LogP contribution in [0.2, 0.25) is 0 Å². The van der Waals surface area contributed by atoms with Crippen molar-refractivity contribution < 1.29 is 19.7 Å². The number of rotatable bonds is 2. The zero-order valence-corrected chi connectivity index (χ0v) is 29.3. The molecule has 8 nitrogen and oxygen atoms in total. The highest BCUT2D eigenvalue weighted by Crippen LogP contribution is 2.58. The number of aryl methyl sites for hydroxylation is 2. The average Bonchev–Trinajstić information content (AvgIpc) is 3.52. The van der Waals surface area contributed by atoms with Crippen LogP contribution >= 0.6 is 0 Å². The van der Waals surface area contributed by atoms with Crippen LogP contribution in [0.5, 0.6) is 5.75 Å². The van der Waals surface area contributed by atoms with Crippen molar-refractivity contribution in [1.29, 1.82) is 0 Å². The van der Waals surface area contributed by atoms with E-state index in [-0.39, 0.29) is 36.4 Å². The summed E-state index contributed by atoms with van der Waals surface area (Å²) in [6.45, 7) is 4.98. The molecule has 0 spiro atoms. The Morgan fingerprint density at radius 3 is 2.47 bits per heavy atom. The number of nitrogens with zero attached hydrogens (tertiary/aromatic N) is 4. The molecule has 0 amide bonds. The average molecular weight is 661 g/mol. The van der Waals surface area contributed by atoms with Crippen LogP contribution in [0.3, 0.4) is 0 Å². The Morgan fingerprint density at radius 1 is 0.898 bits per heavy atom. The van der Waals surface area contributed by atoms with Crippen molar-refractivity contribution in [1.82, 2.24) is 18.9 Å². The van der Waals surface area contributed by atoms with Crippen molar-refractivity contribution in [3.63, 3.8) is 0 Å². The lowest BCUT2D eigenvalue weighted by Gasteiger charge is -2.59. The van der Waals surface area contributed by atoms with E-state index >= 15 is 0 Å². The number of hydrogen-bond donors (Lipinski definition) is 2. The van der Waals surface area contributed by atoms with Gasteiger partial charge in [-0.05, 0) is 92.3 Å². The smallest absolute Gasteiger partial charge is 0.211 e. The van der Waals surface area contributed by atoms with Crippen LogP contribution < -0.4 is 4.74 Å². The van der Waals surface area contributed by atoms with Gasteiger partial charge in [0.1, 0.15) is 5.75 Å². The van der Waals surface area contributed by atoms with Gasteiger partial charge in [0, 0.05) is 97.4 Å². The lowest BCUT2D eigenvalue weighted by molar-refractivity contribution is -0.280. The first-order valence-electron chi connectivity index (χ1n) is 18.7. The van der Waals surface area contributed by atoms with Crippen LogP contribution in [0, 0.1) is 29.6 Å². The molecule has 8 aliphatic rings. The van der Waals surface area contributed by atoms with E-state index in [1.807, 2.05) is 6.92 Å².